The first-order chi connectivity index (χ1) is 16.0. The summed E-state index contributed by atoms with van der Waals surface area (Å²) in [5.74, 6) is -0.952. The lowest BCUT2D eigenvalue weighted by Gasteiger charge is -2.59. The molecule has 2 aliphatic heterocycles. The first kappa shape index (κ1) is 21.1. The number of nitrogens with one attached hydrogen (secondary N) is 1. The van der Waals surface area contributed by atoms with E-state index in [1.54, 1.807) is 34.1 Å². The van der Waals surface area contributed by atoms with Gasteiger partial charge in [-0.3, -0.25) is 4.79 Å². The summed E-state index contributed by atoms with van der Waals surface area (Å²) in [7, 11) is 0. The smallest absolute Gasteiger partial charge is 0.321 e. The van der Waals surface area contributed by atoms with Crippen molar-refractivity contribution in [1.82, 2.24) is 4.90 Å². The minimum Gasteiger partial charge on any atom is -0.324 e. The van der Waals surface area contributed by atoms with Crippen molar-refractivity contribution in [2.24, 2.45) is 5.41 Å². The topological polar surface area (TPSA) is 52.7 Å². The van der Waals surface area contributed by atoms with Gasteiger partial charge in [0, 0.05) is 18.8 Å². The molecule has 33 heavy (non-hydrogen) atoms. The average Bonchev–Trinajstić information content (AvgIpc) is 2.84. The first-order valence-corrected chi connectivity index (χ1v) is 10.9. The summed E-state index contributed by atoms with van der Waals surface area (Å²) in [4.78, 5) is 29.5. The number of amides is 3. The van der Waals surface area contributed by atoms with Crippen LogP contribution in [0.2, 0.25) is 0 Å². The van der Waals surface area contributed by atoms with Gasteiger partial charge in [0.05, 0.1) is 17.1 Å². The highest BCUT2D eigenvalue weighted by Gasteiger charge is 2.62. The summed E-state index contributed by atoms with van der Waals surface area (Å²) < 4.78 is 27.8. The Bertz CT molecular complexity index is 1190. The molecule has 3 aromatic rings. The number of anilines is 2. The van der Waals surface area contributed by atoms with E-state index in [1.165, 1.54) is 24.3 Å². The van der Waals surface area contributed by atoms with Gasteiger partial charge in [0.2, 0.25) is 5.91 Å². The molecule has 3 amide bonds. The second-order valence-corrected chi connectivity index (χ2v) is 8.52. The summed E-state index contributed by atoms with van der Waals surface area (Å²) in [5, 5.41) is 2.61. The average molecular weight is 447 g/mol. The molecule has 0 bridgehead atoms. The van der Waals surface area contributed by atoms with Crippen LogP contribution in [-0.2, 0) is 4.79 Å². The maximum atomic E-state index is 13.9. The first-order valence-electron chi connectivity index (χ1n) is 10.9. The van der Waals surface area contributed by atoms with Crippen molar-refractivity contribution < 1.29 is 18.4 Å². The number of urea groups is 1. The number of β-lactam (4-membered cyclic amide) rings is 1. The van der Waals surface area contributed by atoms with Crippen LogP contribution in [0.4, 0.5) is 25.0 Å². The van der Waals surface area contributed by atoms with E-state index in [-0.39, 0.29) is 23.7 Å². The van der Waals surface area contributed by atoms with Gasteiger partial charge >= 0.3 is 6.03 Å². The van der Waals surface area contributed by atoms with Crippen LogP contribution >= 0.6 is 0 Å². The molecule has 1 unspecified atom stereocenters. The van der Waals surface area contributed by atoms with E-state index >= 15 is 0 Å². The van der Waals surface area contributed by atoms with E-state index in [1.807, 2.05) is 30.3 Å². The fraction of sp³-hybridized carbons (Fsp3) is 0.231. The Hall–Kier alpha value is -3.74. The number of halogens is 2. The van der Waals surface area contributed by atoms with E-state index < -0.39 is 17.0 Å². The maximum absolute atomic E-state index is 13.9. The lowest BCUT2D eigenvalue weighted by molar-refractivity contribution is -0.144. The van der Waals surface area contributed by atoms with E-state index in [4.69, 9.17) is 0 Å². The standard InChI is InChI=1S/C26H23F2N3O2/c27-19-9-6-10-20(17-19)31-23(18-7-2-1-3-8-18)26(24(31)32)13-15-30(16-14-26)25(33)29-22-12-5-4-11-21(22)28/h1-12,17,23H,13-16H2,(H,29,33). The van der Waals surface area contributed by atoms with Crippen molar-refractivity contribution in [2.45, 2.75) is 18.9 Å². The minimum atomic E-state index is -0.664. The van der Waals surface area contributed by atoms with Crippen LogP contribution in [0, 0.1) is 17.0 Å². The van der Waals surface area contributed by atoms with Crippen LogP contribution < -0.4 is 10.2 Å². The summed E-state index contributed by atoms with van der Waals surface area (Å²) in [6, 6.07) is 21.2. The molecular weight excluding hydrogens is 424 g/mol. The number of likely N-dealkylation sites (tertiary alicyclic amines) is 1. The van der Waals surface area contributed by atoms with Crippen molar-refractivity contribution in [2.75, 3.05) is 23.3 Å². The van der Waals surface area contributed by atoms with Crippen molar-refractivity contribution in [3.8, 4) is 0 Å². The van der Waals surface area contributed by atoms with Crippen LogP contribution in [0.5, 0.6) is 0 Å². The van der Waals surface area contributed by atoms with Crippen LogP contribution in [-0.4, -0.2) is 29.9 Å². The fourth-order valence-electron chi connectivity index (χ4n) is 5.00. The normalized spacial score (nSPS) is 19.3. The lowest BCUT2D eigenvalue weighted by atomic mass is 9.62. The summed E-state index contributed by atoms with van der Waals surface area (Å²) in [6.45, 7) is 0.735. The van der Waals surface area contributed by atoms with Crippen LogP contribution in [0.25, 0.3) is 0 Å². The molecule has 2 fully saturated rings. The second-order valence-electron chi connectivity index (χ2n) is 8.52. The van der Waals surface area contributed by atoms with Gasteiger partial charge in [0.15, 0.2) is 0 Å². The highest BCUT2D eigenvalue weighted by molar-refractivity contribution is 6.06. The third-order valence-electron chi connectivity index (χ3n) is 6.69. The molecule has 0 aliphatic carbocycles. The van der Waals surface area contributed by atoms with Gasteiger partial charge in [-0.1, -0.05) is 48.5 Å². The van der Waals surface area contributed by atoms with Crippen LogP contribution in [0.15, 0.2) is 78.9 Å². The van der Waals surface area contributed by atoms with Gasteiger partial charge in [-0.2, -0.15) is 0 Å². The molecule has 0 aromatic heterocycles. The molecule has 2 aliphatic rings. The number of piperidine rings is 1. The van der Waals surface area contributed by atoms with Crippen molar-refractivity contribution in [3.63, 3.8) is 0 Å². The Labute approximate surface area is 190 Å². The zero-order valence-electron chi connectivity index (χ0n) is 17.9. The number of carbonyl (C=O) groups is 2. The number of carbonyl (C=O) groups excluding carboxylic acids is 2. The SMILES string of the molecule is O=C(Nc1ccccc1F)N1CCC2(CC1)C(=O)N(c1cccc(F)c1)C2c1ccccc1. The molecule has 1 N–H and O–H groups in total. The number of para-hydroxylation sites is 1. The molecule has 168 valence electrons. The molecule has 5 nitrogen and oxygen atoms in total. The predicted octanol–water partition coefficient (Wildman–Crippen LogP) is 5.37. The Morgan fingerprint density at radius 3 is 2.30 bits per heavy atom. The molecule has 0 radical (unpaired) electrons. The number of hydrogen-bond acceptors (Lipinski definition) is 2. The highest BCUT2D eigenvalue weighted by Crippen LogP contribution is 2.57. The molecule has 1 atom stereocenters. The number of hydrogen-bond donors (Lipinski definition) is 1. The Kier molecular flexibility index (Phi) is 5.32. The Morgan fingerprint density at radius 1 is 0.909 bits per heavy atom. The molecule has 0 saturated carbocycles. The van der Waals surface area contributed by atoms with Gasteiger partial charge in [0.25, 0.3) is 0 Å². The Morgan fingerprint density at radius 2 is 1.61 bits per heavy atom. The largest absolute Gasteiger partial charge is 0.324 e. The highest BCUT2D eigenvalue weighted by atomic mass is 19.1. The van der Waals surface area contributed by atoms with Crippen molar-refractivity contribution in [1.29, 1.82) is 0 Å². The van der Waals surface area contributed by atoms with E-state index in [9.17, 15) is 18.4 Å². The summed E-state index contributed by atoms with van der Waals surface area (Å²) in [5.41, 5.74) is 0.967. The van der Waals surface area contributed by atoms with Gasteiger partial charge in [-0.05, 0) is 48.7 Å². The monoisotopic (exact) mass is 447 g/mol. The molecule has 7 heteroatoms. The van der Waals surface area contributed by atoms with E-state index in [0.717, 1.165) is 5.56 Å². The van der Waals surface area contributed by atoms with Gasteiger partial charge in [0.1, 0.15) is 11.6 Å². The number of benzene rings is 3. The van der Waals surface area contributed by atoms with Crippen molar-refractivity contribution in [3.05, 3.63) is 96.1 Å². The molecule has 1 spiro atoms. The maximum Gasteiger partial charge on any atom is 0.321 e. The third-order valence-corrected chi connectivity index (χ3v) is 6.69. The predicted molar refractivity (Wildman–Crippen MR) is 122 cm³/mol. The zero-order chi connectivity index (χ0) is 23.0. The lowest BCUT2D eigenvalue weighted by Crippen LogP contribution is -2.67. The molecular formula is C26H23F2N3O2. The Balaban J connectivity index is 1.37. The zero-order valence-corrected chi connectivity index (χ0v) is 17.9. The molecule has 2 heterocycles. The molecule has 3 aromatic carbocycles. The fourth-order valence-corrected chi connectivity index (χ4v) is 5.00. The minimum absolute atomic E-state index is 0.0592. The molecule has 2 saturated heterocycles. The third kappa shape index (κ3) is 3.63. The van der Waals surface area contributed by atoms with Crippen molar-refractivity contribution >= 4 is 23.3 Å². The van der Waals surface area contributed by atoms with Crippen LogP contribution in [0.1, 0.15) is 24.4 Å². The van der Waals surface area contributed by atoms with Gasteiger partial charge in [-0.15, -0.1) is 0 Å². The molecule has 5 rings (SSSR count). The number of nitrogens with zero attached hydrogens (tertiary/aromatic N) is 2. The van der Waals surface area contributed by atoms with Gasteiger partial charge in [-0.25, -0.2) is 13.6 Å². The summed E-state index contributed by atoms with van der Waals surface area (Å²) in [6.07, 6.45) is 0.948. The second kappa shape index (κ2) is 8.31. The number of rotatable bonds is 3. The quantitative estimate of drug-likeness (QED) is 0.549. The van der Waals surface area contributed by atoms with E-state index in [0.29, 0.717) is 31.6 Å². The van der Waals surface area contributed by atoms with Gasteiger partial charge < -0.3 is 15.1 Å². The van der Waals surface area contributed by atoms with Crippen LogP contribution in [0.3, 0.4) is 0 Å². The van der Waals surface area contributed by atoms with E-state index in [2.05, 4.69) is 5.32 Å². The summed E-state index contributed by atoms with van der Waals surface area (Å²) >= 11 is 0.